The van der Waals surface area contributed by atoms with Crippen molar-refractivity contribution in [1.82, 2.24) is 4.90 Å². The minimum Gasteiger partial charge on any atom is -0.465 e. The van der Waals surface area contributed by atoms with Crippen molar-refractivity contribution in [2.45, 2.75) is 6.54 Å². The molecule has 0 saturated carbocycles. The van der Waals surface area contributed by atoms with Crippen molar-refractivity contribution in [2.24, 2.45) is 0 Å². The number of hydrogen-bond donors (Lipinski definition) is 1. The number of hydrogen-bond acceptors (Lipinski definition) is 1. The molecule has 0 radical (unpaired) electrons. The third-order valence-electron chi connectivity index (χ3n) is 1.77. The highest BCUT2D eigenvalue weighted by Gasteiger charge is 2.10. The molecule has 0 aliphatic heterocycles. The van der Waals surface area contributed by atoms with Gasteiger partial charge in [-0.05, 0) is 11.6 Å². The van der Waals surface area contributed by atoms with E-state index in [1.165, 1.54) is 7.05 Å². The maximum atomic E-state index is 10.5. The van der Waals surface area contributed by atoms with Crippen LogP contribution in [0.5, 0.6) is 0 Å². The van der Waals surface area contributed by atoms with Crippen LogP contribution in [0.15, 0.2) is 18.2 Å². The molecule has 5 heteroatoms. The van der Waals surface area contributed by atoms with Crippen molar-refractivity contribution in [2.75, 3.05) is 7.05 Å². The summed E-state index contributed by atoms with van der Waals surface area (Å²) < 4.78 is 0. The Morgan fingerprint density at radius 3 is 2.71 bits per heavy atom. The van der Waals surface area contributed by atoms with E-state index in [-0.39, 0.29) is 6.54 Å². The average molecular weight is 234 g/mol. The van der Waals surface area contributed by atoms with E-state index in [1.54, 1.807) is 18.2 Å². The lowest BCUT2D eigenvalue weighted by Gasteiger charge is -2.14. The van der Waals surface area contributed by atoms with Crippen LogP contribution in [0, 0.1) is 0 Å². The molecule has 0 saturated heterocycles. The molecule has 0 aliphatic rings. The predicted molar refractivity (Wildman–Crippen MR) is 56.0 cm³/mol. The Hall–Kier alpha value is -0.930. The van der Waals surface area contributed by atoms with Crippen LogP contribution >= 0.6 is 23.2 Å². The number of carboxylic acid groups (broad SMARTS) is 1. The van der Waals surface area contributed by atoms with Crippen molar-refractivity contribution < 1.29 is 9.90 Å². The van der Waals surface area contributed by atoms with Gasteiger partial charge < -0.3 is 10.0 Å². The second-order valence-corrected chi connectivity index (χ2v) is 3.64. The highest BCUT2D eigenvalue weighted by Crippen LogP contribution is 2.26. The van der Waals surface area contributed by atoms with Crippen molar-refractivity contribution >= 4 is 29.3 Å². The van der Waals surface area contributed by atoms with Gasteiger partial charge in [-0.3, -0.25) is 0 Å². The number of benzene rings is 1. The number of amides is 1. The van der Waals surface area contributed by atoms with Gasteiger partial charge >= 0.3 is 6.09 Å². The summed E-state index contributed by atoms with van der Waals surface area (Å²) in [5.41, 5.74) is 0.698. The first-order valence-electron chi connectivity index (χ1n) is 3.89. The maximum Gasteiger partial charge on any atom is 0.407 e. The summed E-state index contributed by atoms with van der Waals surface area (Å²) >= 11 is 11.7. The Kier molecular flexibility index (Phi) is 3.61. The zero-order valence-corrected chi connectivity index (χ0v) is 9.01. The highest BCUT2D eigenvalue weighted by atomic mass is 35.5. The number of nitrogens with zero attached hydrogens (tertiary/aromatic N) is 1. The summed E-state index contributed by atoms with van der Waals surface area (Å²) in [4.78, 5) is 11.7. The van der Waals surface area contributed by atoms with Crippen LogP contribution in [-0.2, 0) is 6.54 Å². The van der Waals surface area contributed by atoms with E-state index in [0.29, 0.717) is 15.6 Å². The van der Waals surface area contributed by atoms with Crippen LogP contribution in [0.3, 0.4) is 0 Å². The van der Waals surface area contributed by atoms with Crippen LogP contribution in [0.2, 0.25) is 10.0 Å². The lowest BCUT2D eigenvalue weighted by Crippen LogP contribution is -2.24. The predicted octanol–water partition coefficient (Wildman–Crippen LogP) is 3.10. The van der Waals surface area contributed by atoms with Crippen molar-refractivity contribution in [3.63, 3.8) is 0 Å². The molecular formula is C9H9Cl2NO2. The van der Waals surface area contributed by atoms with E-state index in [9.17, 15) is 4.79 Å². The standard InChI is InChI=1S/C9H9Cl2NO2/c1-12(9(13)14)5-6-3-2-4-7(10)8(6)11/h2-4H,5H2,1H3,(H,13,14). The van der Waals surface area contributed by atoms with Gasteiger partial charge in [0.05, 0.1) is 16.6 Å². The molecule has 1 N–H and O–H groups in total. The number of carbonyl (C=O) groups is 1. The van der Waals surface area contributed by atoms with Crippen LogP contribution in [0.4, 0.5) is 4.79 Å². The number of rotatable bonds is 2. The molecule has 1 aromatic carbocycles. The molecule has 0 spiro atoms. The Labute approximate surface area is 91.8 Å². The fourth-order valence-electron chi connectivity index (χ4n) is 0.994. The molecule has 0 unspecified atom stereocenters. The van der Waals surface area contributed by atoms with Gasteiger partial charge in [0.1, 0.15) is 0 Å². The molecule has 1 amide bonds. The molecule has 76 valence electrons. The molecule has 1 aromatic rings. The van der Waals surface area contributed by atoms with E-state index in [0.717, 1.165) is 4.90 Å². The maximum absolute atomic E-state index is 10.5. The molecule has 1 rings (SSSR count). The van der Waals surface area contributed by atoms with E-state index in [1.807, 2.05) is 0 Å². The Balaban J connectivity index is 2.87. The van der Waals surface area contributed by atoms with Gasteiger partial charge in [-0.1, -0.05) is 35.3 Å². The van der Waals surface area contributed by atoms with Crippen LogP contribution in [0.1, 0.15) is 5.56 Å². The average Bonchev–Trinajstić information content (AvgIpc) is 2.12. The van der Waals surface area contributed by atoms with Crippen molar-refractivity contribution in [3.8, 4) is 0 Å². The molecule has 0 aliphatic carbocycles. The second-order valence-electron chi connectivity index (χ2n) is 2.85. The van der Waals surface area contributed by atoms with E-state index in [4.69, 9.17) is 28.3 Å². The first-order valence-corrected chi connectivity index (χ1v) is 4.65. The summed E-state index contributed by atoms with van der Waals surface area (Å²) in [6.07, 6.45) is -0.999. The van der Waals surface area contributed by atoms with Gasteiger partial charge in [-0.2, -0.15) is 0 Å². The summed E-state index contributed by atoms with van der Waals surface area (Å²) in [6, 6.07) is 5.14. The van der Waals surface area contributed by atoms with Gasteiger partial charge in [-0.15, -0.1) is 0 Å². The summed E-state index contributed by atoms with van der Waals surface area (Å²) in [6.45, 7) is 0.231. The first kappa shape index (κ1) is 11.1. The molecule has 14 heavy (non-hydrogen) atoms. The van der Waals surface area contributed by atoms with E-state index in [2.05, 4.69) is 0 Å². The Bertz CT molecular complexity index is 355. The van der Waals surface area contributed by atoms with Gasteiger partial charge in [0.15, 0.2) is 0 Å². The third kappa shape index (κ3) is 2.53. The number of halogens is 2. The van der Waals surface area contributed by atoms with E-state index >= 15 is 0 Å². The summed E-state index contributed by atoms with van der Waals surface area (Å²) in [5, 5.41) is 9.49. The van der Waals surface area contributed by atoms with Crippen molar-refractivity contribution in [1.29, 1.82) is 0 Å². The summed E-state index contributed by atoms with van der Waals surface area (Å²) in [5.74, 6) is 0. The highest BCUT2D eigenvalue weighted by molar-refractivity contribution is 6.42. The Morgan fingerprint density at radius 1 is 1.50 bits per heavy atom. The topological polar surface area (TPSA) is 40.5 Å². The summed E-state index contributed by atoms with van der Waals surface area (Å²) in [7, 11) is 1.47. The molecule has 0 atom stereocenters. The fraction of sp³-hybridized carbons (Fsp3) is 0.222. The van der Waals surface area contributed by atoms with Gasteiger partial charge in [0.2, 0.25) is 0 Å². The van der Waals surface area contributed by atoms with E-state index < -0.39 is 6.09 Å². The van der Waals surface area contributed by atoms with Gasteiger partial charge in [0.25, 0.3) is 0 Å². The molecule has 0 aromatic heterocycles. The van der Waals surface area contributed by atoms with Gasteiger partial charge in [-0.25, -0.2) is 4.79 Å². The SMILES string of the molecule is CN(Cc1cccc(Cl)c1Cl)C(=O)O. The lowest BCUT2D eigenvalue weighted by atomic mass is 10.2. The fourth-order valence-corrected chi connectivity index (χ4v) is 1.37. The van der Waals surface area contributed by atoms with Gasteiger partial charge in [0, 0.05) is 7.05 Å². The normalized spacial score (nSPS) is 9.93. The smallest absolute Gasteiger partial charge is 0.407 e. The largest absolute Gasteiger partial charge is 0.465 e. The zero-order valence-electron chi connectivity index (χ0n) is 7.50. The second kappa shape index (κ2) is 4.53. The molecule has 0 heterocycles. The third-order valence-corrected chi connectivity index (χ3v) is 2.62. The minimum atomic E-state index is -0.999. The Morgan fingerprint density at radius 2 is 2.14 bits per heavy atom. The lowest BCUT2D eigenvalue weighted by molar-refractivity contribution is 0.154. The molecule has 0 bridgehead atoms. The molecule has 3 nitrogen and oxygen atoms in total. The van der Waals surface area contributed by atoms with Crippen LogP contribution in [0.25, 0.3) is 0 Å². The zero-order chi connectivity index (χ0) is 10.7. The quantitative estimate of drug-likeness (QED) is 0.853. The van der Waals surface area contributed by atoms with Crippen LogP contribution < -0.4 is 0 Å². The first-order chi connectivity index (χ1) is 6.52. The molecular weight excluding hydrogens is 225 g/mol. The molecule has 0 fully saturated rings. The van der Waals surface area contributed by atoms with Crippen molar-refractivity contribution in [3.05, 3.63) is 33.8 Å². The minimum absolute atomic E-state index is 0.231. The van der Waals surface area contributed by atoms with Crippen LogP contribution in [-0.4, -0.2) is 23.1 Å². The monoisotopic (exact) mass is 233 g/mol.